The summed E-state index contributed by atoms with van der Waals surface area (Å²) in [6, 6.07) is 10.4. The molecule has 0 radical (unpaired) electrons. The average Bonchev–Trinajstić information content (AvgIpc) is 2.84. The number of anilines is 1. The fourth-order valence-corrected chi connectivity index (χ4v) is 4.62. The van der Waals surface area contributed by atoms with E-state index in [9.17, 15) is 18.5 Å². The number of benzene rings is 2. The van der Waals surface area contributed by atoms with Gasteiger partial charge in [0.05, 0.1) is 22.6 Å². The van der Waals surface area contributed by atoms with Crippen LogP contribution >= 0.6 is 0 Å². The van der Waals surface area contributed by atoms with Crippen molar-refractivity contribution in [2.75, 3.05) is 18.0 Å². The number of nitro benzene ring substituents is 1. The van der Waals surface area contributed by atoms with Gasteiger partial charge in [-0.3, -0.25) is 14.4 Å². The first kappa shape index (κ1) is 17.2. The monoisotopic (exact) mass is 362 g/mol. The molecule has 8 heteroatoms. The highest BCUT2D eigenvalue weighted by Gasteiger charge is 2.30. The van der Waals surface area contributed by atoms with Gasteiger partial charge in [0.1, 0.15) is 5.75 Å². The van der Waals surface area contributed by atoms with Crippen LogP contribution in [-0.4, -0.2) is 27.0 Å². The Morgan fingerprint density at radius 2 is 1.92 bits per heavy atom. The van der Waals surface area contributed by atoms with Gasteiger partial charge in [-0.05, 0) is 37.5 Å². The molecule has 3 rings (SSSR count). The Labute approximate surface area is 146 Å². The van der Waals surface area contributed by atoms with Gasteiger partial charge in [0.25, 0.3) is 15.7 Å². The molecule has 1 aliphatic rings. The van der Waals surface area contributed by atoms with E-state index in [0.717, 1.165) is 24.5 Å². The lowest BCUT2D eigenvalue weighted by Gasteiger charge is -2.25. The maximum atomic E-state index is 13.1. The first-order chi connectivity index (χ1) is 11.9. The molecule has 0 N–H and O–H groups in total. The Balaban J connectivity index is 2.12. The van der Waals surface area contributed by atoms with Crippen molar-refractivity contribution in [2.24, 2.45) is 0 Å². The number of non-ortho nitro benzene ring substituents is 1. The zero-order chi connectivity index (χ0) is 18.0. The predicted molar refractivity (Wildman–Crippen MR) is 93.6 cm³/mol. The number of hydrogen-bond donors (Lipinski definition) is 0. The summed E-state index contributed by atoms with van der Waals surface area (Å²) in [5.74, 6) is 0.652. The first-order valence-electron chi connectivity index (χ1n) is 7.88. The van der Waals surface area contributed by atoms with Crippen LogP contribution in [0.3, 0.4) is 0 Å². The molecule has 2 aromatic carbocycles. The molecule has 1 heterocycles. The van der Waals surface area contributed by atoms with Crippen LogP contribution in [-0.2, 0) is 16.4 Å². The number of rotatable bonds is 4. The molecule has 0 atom stereocenters. The van der Waals surface area contributed by atoms with Gasteiger partial charge < -0.3 is 4.74 Å². The third-order valence-corrected chi connectivity index (χ3v) is 6.06. The van der Waals surface area contributed by atoms with E-state index in [4.69, 9.17) is 4.74 Å². The van der Waals surface area contributed by atoms with Crippen LogP contribution in [0.4, 0.5) is 11.4 Å². The summed E-state index contributed by atoms with van der Waals surface area (Å²) in [6.07, 6.45) is 2.26. The second-order valence-corrected chi connectivity index (χ2v) is 7.61. The molecule has 7 nitrogen and oxygen atoms in total. The average molecular weight is 362 g/mol. The zero-order valence-electron chi connectivity index (χ0n) is 13.7. The molecular weight excluding hydrogens is 344 g/mol. The molecule has 0 fully saturated rings. The van der Waals surface area contributed by atoms with Crippen molar-refractivity contribution in [3.8, 4) is 5.75 Å². The van der Waals surface area contributed by atoms with Crippen LogP contribution in [0.25, 0.3) is 0 Å². The molecule has 0 saturated heterocycles. The van der Waals surface area contributed by atoms with Gasteiger partial charge in [-0.2, -0.15) is 0 Å². The third kappa shape index (κ3) is 3.17. The molecular formula is C17H18N2O5S. The zero-order valence-corrected chi connectivity index (χ0v) is 14.5. The summed E-state index contributed by atoms with van der Waals surface area (Å²) in [7, 11) is -2.35. The topological polar surface area (TPSA) is 89.8 Å². The second-order valence-electron chi connectivity index (χ2n) is 5.75. The Morgan fingerprint density at radius 3 is 2.64 bits per heavy atom. The highest BCUT2D eigenvalue weighted by molar-refractivity contribution is 7.92. The van der Waals surface area contributed by atoms with Crippen molar-refractivity contribution in [3.05, 3.63) is 58.1 Å². The molecule has 0 aliphatic carbocycles. The SMILES string of the molecule is COc1cccc2c1CCCCN2S(=O)(=O)c1cccc([N+](=O)[O-])c1. The van der Waals surface area contributed by atoms with Gasteiger partial charge in [0.15, 0.2) is 0 Å². The standard InChI is InChI=1S/C17H18N2O5S/c1-24-17-10-5-9-16-15(17)8-2-3-11-18(16)25(22,23)14-7-4-6-13(12-14)19(20)21/h4-7,9-10,12H,2-3,8,11H2,1H3. The summed E-state index contributed by atoms with van der Waals surface area (Å²) >= 11 is 0. The smallest absolute Gasteiger partial charge is 0.270 e. The predicted octanol–water partition coefficient (Wildman–Crippen LogP) is 3.14. The maximum absolute atomic E-state index is 13.1. The Kier molecular flexibility index (Phi) is 4.63. The minimum atomic E-state index is -3.91. The number of nitro groups is 1. The number of sulfonamides is 1. The summed E-state index contributed by atoms with van der Waals surface area (Å²) in [6.45, 7) is 0.325. The number of fused-ring (bicyclic) bond motifs is 1. The van der Waals surface area contributed by atoms with Gasteiger partial charge in [0.2, 0.25) is 0 Å². The van der Waals surface area contributed by atoms with Crippen molar-refractivity contribution in [1.29, 1.82) is 0 Å². The minimum absolute atomic E-state index is 0.0858. The third-order valence-electron chi connectivity index (χ3n) is 4.25. The molecule has 0 spiro atoms. The van der Waals surface area contributed by atoms with Crippen LogP contribution in [0, 0.1) is 10.1 Å². The lowest BCUT2D eigenvalue weighted by atomic mass is 10.1. The van der Waals surface area contributed by atoms with E-state index in [-0.39, 0.29) is 10.6 Å². The molecule has 2 aromatic rings. The van der Waals surface area contributed by atoms with Crippen molar-refractivity contribution in [2.45, 2.75) is 24.2 Å². The van der Waals surface area contributed by atoms with Gasteiger partial charge in [-0.1, -0.05) is 12.1 Å². The van der Waals surface area contributed by atoms with Gasteiger partial charge >= 0.3 is 0 Å². The van der Waals surface area contributed by atoms with E-state index in [0.29, 0.717) is 24.4 Å². The van der Waals surface area contributed by atoms with E-state index in [1.54, 1.807) is 19.2 Å². The largest absolute Gasteiger partial charge is 0.496 e. The Hall–Kier alpha value is -2.61. The fourth-order valence-electron chi connectivity index (χ4n) is 3.04. The summed E-state index contributed by atoms with van der Waals surface area (Å²) in [5.41, 5.74) is 1.17. The summed E-state index contributed by atoms with van der Waals surface area (Å²) < 4.78 is 33.0. The number of ether oxygens (including phenoxy) is 1. The highest BCUT2D eigenvalue weighted by atomic mass is 32.2. The van der Waals surface area contributed by atoms with Crippen molar-refractivity contribution >= 4 is 21.4 Å². The summed E-state index contributed by atoms with van der Waals surface area (Å²) in [5, 5.41) is 11.0. The molecule has 0 unspecified atom stereocenters. The van der Waals surface area contributed by atoms with Crippen LogP contribution in [0.15, 0.2) is 47.4 Å². The number of hydrogen-bond acceptors (Lipinski definition) is 5. The van der Waals surface area contributed by atoms with E-state index in [1.165, 1.54) is 22.5 Å². The first-order valence-corrected chi connectivity index (χ1v) is 9.32. The normalized spacial score (nSPS) is 14.5. The van der Waals surface area contributed by atoms with Gasteiger partial charge in [-0.15, -0.1) is 0 Å². The van der Waals surface area contributed by atoms with Crippen LogP contribution in [0.1, 0.15) is 18.4 Å². The lowest BCUT2D eigenvalue weighted by molar-refractivity contribution is -0.385. The molecule has 0 amide bonds. The molecule has 0 aromatic heterocycles. The minimum Gasteiger partial charge on any atom is -0.496 e. The number of nitrogens with zero attached hydrogens (tertiary/aromatic N) is 2. The van der Waals surface area contributed by atoms with Crippen molar-refractivity contribution in [1.82, 2.24) is 0 Å². The van der Waals surface area contributed by atoms with Gasteiger partial charge in [-0.25, -0.2) is 8.42 Å². The molecule has 0 bridgehead atoms. The summed E-state index contributed by atoms with van der Waals surface area (Å²) in [4.78, 5) is 10.3. The van der Waals surface area contributed by atoms with Crippen molar-refractivity contribution < 1.29 is 18.1 Å². The molecule has 132 valence electrons. The fraction of sp³-hybridized carbons (Fsp3) is 0.294. The maximum Gasteiger partial charge on any atom is 0.270 e. The van der Waals surface area contributed by atoms with Crippen LogP contribution < -0.4 is 9.04 Å². The van der Waals surface area contributed by atoms with Crippen LogP contribution in [0.2, 0.25) is 0 Å². The highest BCUT2D eigenvalue weighted by Crippen LogP contribution is 2.36. The second kappa shape index (κ2) is 6.72. The van der Waals surface area contributed by atoms with E-state index < -0.39 is 14.9 Å². The Morgan fingerprint density at radius 1 is 1.16 bits per heavy atom. The quantitative estimate of drug-likeness (QED) is 0.616. The Bertz CT molecular complexity index is 911. The molecule has 0 saturated carbocycles. The van der Waals surface area contributed by atoms with Crippen molar-refractivity contribution in [3.63, 3.8) is 0 Å². The lowest BCUT2D eigenvalue weighted by Crippen LogP contribution is -2.32. The van der Waals surface area contributed by atoms with Gasteiger partial charge in [0, 0.05) is 24.2 Å². The molecule has 25 heavy (non-hydrogen) atoms. The van der Waals surface area contributed by atoms with E-state index in [2.05, 4.69) is 0 Å². The van der Waals surface area contributed by atoms with Crippen LogP contribution in [0.5, 0.6) is 5.75 Å². The molecule has 1 aliphatic heterocycles. The van der Waals surface area contributed by atoms with E-state index >= 15 is 0 Å². The number of methoxy groups -OCH3 is 1. The van der Waals surface area contributed by atoms with E-state index in [1.807, 2.05) is 6.07 Å².